The van der Waals surface area contributed by atoms with Crippen molar-refractivity contribution in [2.75, 3.05) is 32.5 Å². The first kappa shape index (κ1) is 18.2. The van der Waals surface area contributed by atoms with Gasteiger partial charge in [0, 0.05) is 36.8 Å². The molecule has 0 aliphatic carbocycles. The highest BCUT2D eigenvalue weighted by Crippen LogP contribution is 2.32. The molecular formula is C22H26N2O2S. The van der Waals surface area contributed by atoms with Crippen molar-refractivity contribution in [3.05, 3.63) is 59.7 Å². The lowest BCUT2D eigenvalue weighted by Gasteiger charge is -2.35. The molecule has 1 fully saturated rings. The number of nitrogens with zero attached hydrogens (tertiary/aromatic N) is 2. The number of hydrogen-bond donors (Lipinski definition) is 0. The van der Waals surface area contributed by atoms with Gasteiger partial charge in [-0.3, -0.25) is 0 Å². The molecule has 0 atom stereocenters. The standard InChI is InChI=1S/C22H26N2O2S/c1-26-20-7-8-21-19(15-20)16-24(13-14-27-21)22(25)23-11-9-18(10-12-23)17-5-3-2-4-6-17/h2-8,15,18H,9-14,16H2,1H3. The summed E-state index contributed by atoms with van der Waals surface area (Å²) in [5.74, 6) is 2.36. The molecule has 0 unspecified atom stereocenters. The number of thioether (sulfide) groups is 1. The summed E-state index contributed by atoms with van der Waals surface area (Å²) in [4.78, 5) is 18.4. The van der Waals surface area contributed by atoms with Crippen molar-refractivity contribution in [2.45, 2.75) is 30.2 Å². The molecule has 0 saturated carbocycles. The number of likely N-dealkylation sites (tertiary alicyclic amines) is 1. The van der Waals surface area contributed by atoms with Crippen molar-refractivity contribution in [3.8, 4) is 5.75 Å². The summed E-state index contributed by atoms with van der Waals surface area (Å²) in [6, 6.07) is 17.0. The molecule has 4 nitrogen and oxygen atoms in total. The maximum absolute atomic E-state index is 13.1. The molecule has 0 bridgehead atoms. The second kappa shape index (κ2) is 8.26. The van der Waals surface area contributed by atoms with Gasteiger partial charge in [0.25, 0.3) is 0 Å². The second-order valence-corrected chi connectivity index (χ2v) is 8.33. The van der Waals surface area contributed by atoms with Crippen molar-refractivity contribution in [1.29, 1.82) is 0 Å². The molecule has 2 amide bonds. The van der Waals surface area contributed by atoms with E-state index >= 15 is 0 Å². The van der Waals surface area contributed by atoms with E-state index in [1.165, 1.54) is 16.0 Å². The molecule has 0 aromatic heterocycles. The molecule has 5 heteroatoms. The highest BCUT2D eigenvalue weighted by atomic mass is 32.2. The minimum Gasteiger partial charge on any atom is -0.497 e. The SMILES string of the molecule is COc1ccc2c(c1)CN(C(=O)N1CCC(c3ccccc3)CC1)CCS2. The lowest BCUT2D eigenvalue weighted by molar-refractivity contribution is 0.140. The lowest BCUT2D eigenvalue weighted by Crippen LogP contribution is -2.46. The predicted molar refractivity (Wildman–Crippen MR) is 110 cm³/mol. The normalized spacial score (nSPS) is 18.0. The number of methoxy groups -OCH3 is 1. The number of carbonyl (C=O) groups excluding carboxylic acids is 1. The van der Waals surface area contributed by atoms with E-state index in [-0.39, 0.29) is 6.03 Å². The van der Waals surface area contributed by atoms with Crippen LogP contribution in [0, 0.1) is 0 Å². The van der Waals surface area contributed by atoms with Crippen LogP contribution in [0.5, 0.6) is 5.75 Å². The van der Waals surface area contributed by atoms with Crippen LogP contribution in [0.25, 0.3) is 0 Å². The molecule has 2 aromatic carbocycles. The zero-order chi connectivity index (χ0) is 18.6. The number of hydrogen-bond acceptors (Lipinski definition) is 3. The minimum atomic E-state index is 0.179. The van der Waals surface area contributed by atoms with Gasteiger partial charge in [-0.2, -0.15) is 0 Å². The number of amides is 2. The van der Waals surface area contributed by atoms with Crippen molar-refractivity contribution in [2.24, 2.45) is 0 Å². The molecule has 2 aliphatic rings. The minimum absolute atomic E-state index is 0.179. The van der Waals surface area contributed by atoms with Gasteiger partial charge in [-0.15, -0.1) is 11.8 Å². The van der Waals surface area contributed by atoms with E-state index in [1.54, 1.807) is 7.11 Å². The Morgan fingerprint density at radius 3 is 2.56 bits per heavy atom. The number of piperidine rings is 1. The average Bonchev–Trinajstić information content (AvgIpc) is 2.95. The molecular weight excluding hydrogens is 356 g/mol. The third kappa shape index (κ3) is 4.08. The van der Waals surface area contributed by atoms with Crippen LogP contribution in [0.4, 0.5) is 4.79 Å². The Kier molecular flexibility index (Phi) is 5.58. The Hall–Kier alpha value is -2.14. The molecule has 1 saturated heterocycles. The Labute approximate surface area is 165 Å². The molecule has 2 aromatic rings. The number of fused-ring (bicyclic) bond motifs is 1. The van der Waals surface area contributed by atoms with Crippen LogP contribution < -0.4 is 4.74 Å². The second-order valence-electron chi connectivity index (χ2n) is 7.20. The molecule has 0 spiro atoms. The van der Waals surface area contributed by atoms with Gasteiger partial charge in [0.05, 0.1) is 7.11 Å². The van der Waals surface area contributed by atoms with Gasteiger partial charge < -0.3 is 14.5 Å². The summed E-state index contributed by atoms with van der Waals surface area (Å²) < 4.78 is 5.36. The number of carbonyl (C=O) groups is 1. The largest absolute Gasteiger partial charge is 0.497 e. The first-order valence-electron chi connectivity index (χ1n) is 9.63. The topological polar surface area (TPSA) is 32.8 Å². The lowest BCUT2D eigenvalue weighted by atomic mass is 9.89. The summed E-state index contributed by atoms with van der Waals surface area (Å²) in [6.07, 6.45) is 2.09. The van der Waals surface area contributed by atoms with Crippen LogP contribution in [-0.2, 0) is 6.54 Å². The monoisotopic (exact) mass is 382 g/mol. The number of benzene rings is 2. The third-order valence-electron chi connectivity index (χ3n) is 5.55. The maximum atomic E-state index is 13.1. The fourth-order valence-electron chi connectivity index (χ4n) is 3.99. The van der Waals surface area contributed by atoms with Gasteiger partial charge in [-0.1, -0.05) is 30.3 Å². The smallest absolute Gasteiger partial charge is 0.320 e. The highest BCUT2D eigenvalue weighted by molar-refractivity contribution is 7.99. The molecule has 142 valence electrons. The number of rotatable bonds is 2. The third-order valence-corrected chi connectivity index (χ3v) is 6.65. The molecule has 2 aliphatic heterocycles. The first-order chi connectivity index (χ1) is 13.2. The van der Waals surface area contributed by atoms with Crippen molar-refractivity contribution >= 4 is 17.8 Å². The predicted octanol–water partition coefficient (Wildman–Crippen LogP) is 4.60. The quantitative estimate of drug-likeness (QED) is 0.761. The van der Waals surface area contributed by atoms with Crippen molar-refractivity contribution < 1.29 is 9.53 Å². The van der Waals surface area contributed by atoms with E-state index < -0.39 is 0 Å². The van der Waals surface area contributed by atoms with Gasteiger partial charge in [-0.25, -0.2) is 4.79 Å². The van der Waals surface area contributed by atoms with Crippen LogP contribution in [0.15, 0.2) is 53.4 Å². The summed E-state index contributed by atoms with van der Waals surface area (Å²) in [5, 5.41) is 0. The number of urea groups is 1. The molecule has 27 heavy (non-hydrogen) atoms. The van der Waals surface area contributed by atoms with Crippen molar-refractivity contribution in [3.63, 3.8) is 0 Å². The average molecular weight is 383 g/mol. The van der Waals surface area contributed by atoms with E-state index in [0.29, 0.717) is 12.5 Å². The van der Waals surface area contributed by atoms with Gasteiger partial charge in [0.2, 0.25) is 0 Å². The van der Waals surface area contributed by atoms with Crippen molar-refractivity contribution in [1.82, 2.24) is 9.80 Å². The van der Waals surface area contributed by atoms with E-state index in [2.05, 4.69) is 42.5 Å². The van der Waals surface area contributed by atoms with Crippen LogP contribution >= 0.6 is 11.8 Å². The van der Waals surface area contributed by atoms with Crippen LogP contribution in [0.1, 0.15) is 29.9 Å². The Bertz CT molecular complexity index is 788. The molecule has 0 N–H and O–H groups in total. The molecule has 4 rings (SSSR count). The van der Waals surface area contributed by atoms with Gasteiger partial charge >= 0.3 is 6.03 Å². The fraction of sp³-hybridized carbons (Fsp3) is 0.409. The summed E-state index contributed by atoms with van der Waals surface area (Å²) in [7, 11) is 1.69. The van der Waals surface area contributed by atoms with E-state index in [0.717, 1.165) is 44.0 Å². The molecule has 0 radical (unpaired) electrons. The Morgan fingerprint density at radius 2 is 1.81 bits per heavy atom. The highest BCUT2D eigenvalue weighted by Gasteiger charge is 2.28. The van der Waals surface area contributed by atoms with Crippen LogP contribution in [-0.4, -0.2) is 48.3 Å². The Balaban J connectivity index is 1.41. The van der Waals surface area contributed by atoms with Gasteiger partial charge in [0.1, 0.15) is 5.75 Å². The summed E-state index contributed by atoms with van der Waals surface area (Å²) in [5.41, 5.74) is 2.58. The fourth-order valence-corrected chi connectivity index (χ4v) is 4.99. The van der Waals surface area contributed by atoms with Crippen LogP contribution in [0.3, 0.4) is 0 Å². The summed E-state index contributed by atoms with van der Waals surface area (Å²) >= 11 is 1.83. The first-order valence-corrected chi connectivity index (χ1v) is 10.6. The van der Waals surface area contributed by atoms with Gasteiger partial charge in [0.15, 0.2) is 0 Å². The van der Waals surface area contributed by atoms with E-state index in [1.807, 2.05) is 27.6 Å². The maximum Gasteiger partial charge on any atom is 0.320 e. The zero-order valence-corrected chi connectivity index (χ0v) is 16.6. The van der Waals surface area contributed by atoms with E-state index in [9.17, 15) is 4.79 Å². The molecule has 2 heterocycles. The number of ether oxygens (including phenoxy) is 1. The Morgan fingerprint density at radius 1 is 1.04 bits per heavy atom. The zero-order valence-electron chi connectivity index (χ0n) is 15.8. The van der Waals surface area contributed by atoms with Crippen LogP contribution in [0.2, 0.25) is 0 Å². The summed E-state index contributed by atoms with van der Waals surface area (Å²) in [6.45, 7) is 3.14. The van der Waals surface area contributed by atoms with E-state index in [4.69, 9.17) is 4.74 Å². The van der Waals surface area contributed by atoms with Gasteiger partial charge in [-0.05, 0) is 48.1 Å².